The summed E-state index contributed by atoms with van der Waals surface area (Å²) in [4.78, 5) is 12.9. The van der Waals surface area contributed by atoms with Gasteiger partial charge in [0.2, 0.25) is 0 Å². The zero-order valence-corrected chi connectivity index (χ0v) is 9.72. The lowest BCUT2D eigenvalue weighted by molar-refractivity contribution is -0.120. The van der Waals surface area contributed by atoms with Crippen LogP contribution >= 0.6 is 27.5 Å². The number of hydrogen-bond acceptors (Lipinski definition) is 2. The summed E-state index contributed by atoms with van der Waals surface area (Å²) in [5.41, 5.74) is 0.695. The van der Waals surface area contributed by atoms with Crippen molar-refractivity contribution in [1.29, 1.82) is 0 Å². The molecular formula is C9H7BrClNO2. The molecule has 1 heterocycles. The molecule has 0 unspecified atom stereocenters. The van der Waals surface area contributed by atoms with E-state index in [0.29, 0.717) is 16.5 Å². The van der Waals surface area contributed by atoms with Gasteiger partial charge < -0.3 is 9.64 Å². The summed E-state index contributed by atoms with van der Waals surface area (Å²) in [6.45, 7) is 0.0465. The smallest absolute Gasteiger partial charge is 0.264 e. The minimum absolute atomic E-state index is 0.0465. The lowest BCUT2D eigenvalue weighted by atomic mass is 10.2. The number of likely N-dealkylation sites (N-methyl/N-ethyl adjacent to an activating group) is 1. The van der Waals surface area contributed by atoms with Crippen LogP contribution < -0.4 is 9.64 Å². The Kier molecular flexibility index (Phi) is 2.41. The van der Waals surface area contributed by atoms with Crippen molar-refractivity contribution in [2.75, 3.05) is 18.6 Å². The number of hydrogen-bond donors (Lipinski definition) is 0. The van der Waals surface area contributed by atoms with Crippen LogP contribution in [-0.4, -0.2) is 19.6 Å². The van der Waals surface area contributed by atoms with Gasteiger partial charge in [0.25, 0.3) is 5.91 Å². The van der Waals surface area contributed by atoms with Crippen LogP contribution in [0.2, 0.25) is 5.02 Å². The highest BCUT2D eigenvalue weighted by Gasteiger charge is 2.24. The third kappa shape index (κ3) is 1.48. The third-order valence-corrected chi connectivity index (χ3v) is 2.80. The van der Waals surface area contributed by atoms with Gasteiger partial charge in [-0.05, 0) is 12.1 Å². The van der Waals surface area contributed by atoms with Gasteiger partial charge in [0, 0.05) is 11.5 Å². The van der Waals surface area contributed by atoms with Crippen molar-refractivity contribution in [2.45, 2.75) is 0 Å². The normalized spacial score (nSPS) is 15.1. The number of halogens is 2. The SMILES string of the molecule is CN1C(=O)COc2c(Cl)cc(Br)cc21. The van der Waals surface area contributed by atoms with Crippen molar-refractivity contribution in [3.63, 3.8) is 0 Å². The van der Waals surface area contributed by atoms with Crippen molar-refractivity contribution < 1.29 is 9.53 Å². The molecule has 1 aliphatic rings. The van der Waals surface area contributed by atoms with E-state index in [2.05, 4.69) is 15.9 Å². The molecule has 0 fully saturated rings. The van der Waals surface area contributed by atoms with E-state index in [9.17, 15) is 4.79 Å². The number of nitrogens with zero attached hydrogens (tertiary/aromatic N) is 1. The summed E-state index contributed by atoms with van der Waals surface area (Å²) in [6.07, 6.45) is 0. The summed E-state index contributed by atoms with van der Waals surface area (Å²) in [5.74, 6) is 0.489. The number of anilines is 1. The maximum atomic E-state index is 11.3. The second kappa shape index (κ2) is 3.44. The Balaban J connectivity index is 2.59. The molecule has 1 aliphatic heterocycles. The Morgan fingerprint density at radius 3 is 3.00 bits per heavy atom. The summed E-state index contributed by atoms with van der Waals surface area (Å²) in [7, 11) is 1.70. The van der Waals surface area contributed by atoms with Crippen molar-refractivity contribution in [1.82, 2.24) is 0 Å². The molecule has 74 valence electrons. The lowest BCUT2D eigenvalue weighted by Gasteiger charge is -2.26. The first-order valence-electron chi connectivity index (χ1n) is 3.98. The Labute approximate surface area is 94.7 Å². The fourth-order valence-electron chi connectivity index (χ4n) is 1.30. The molecule has 0 aromatic heterocycles. The van der Waals surface area contributed by atoms with Crippen LogP contribution in [0.15, 0.2) is 16.6 Å². The van der Waals surface area contributed by atoms with E-state index in [1.54, 1.807) is 19.2 Å². The van der Waals surface area contributed by atoms with Crippen LogP contribution in [0.4, 0.5) is 5.69 Å². The molecule has 0 saturated heterocycles. The molecule has 1 aromatic rings. The van der Waals surface area contributed by atoms with Crippen LogP contribution in [0, 0.1) is 0 Å². The number of carbonyl (C=O) groups excluding carboxylic acids is 1. The highest BCUT2D eigenvalue weighted by molar-refractivity contribution is 9.10. The van der Waals surface area contributed by atoms with E-state index < -0.39 is 0 Å². The topological polar surface area (TPSA) is 29.5 Å². The molecule has 14 heavy (non-hydrogen) atoms. The van der Waals surface area contributed by atoms with Crippen molar-refractivity contribution in [2.24, 2.45) is 0 Å². The van der Waals surface area contributed by atoms with Gasteiger partial charge in [-0.3, -0.25) is 4.79 Å². The summed E-state index contributed by atoms with van der Waals surface area (Å²) < 4.78 is 6.07. The minimum atomic E-state index is -0.0772. The number of benzene rings is 1. The number of rotatable bonds is 0. The molecule has 1 aromatic carbocycles. The molecule has 0 atom stereocenters. The summed E-state index contributed by atoms with van der Waals surface area (Å²) in [6, 6.07) is 3.54. The van der Waals surface area contributed by atoms with Crippen molar-refractivity contribution in [3.05, 3.63) is 21.6 Å². The van der Waals surface area contributed by atoms with Crippen LogP contribution in [-0.2, 0) is 4.79 Å². The van der Waals surface area contributed by atoms with Gasteiger partial charge in [0.1, 0.15) is 0 Å². The molecule has 0 aliphatic carbocycles. The monoisotopic (exact) mass is 275 g/mol. The van der Waals surface area contributed by atoms with Gasteiger partial charge in [0.05, 0.1) is 10.7 Å². The zero-order valence-electron chi connectivity index (χ0n) is 7.38. The standard InChI is InChI=1S/C9H7BrClNO2/c1-12-7-3-5(10)2-6(11)9(7)14-4-8(12)13/h2-3H,4H2,1H3. The number of fused-ring (bicyclic) bond motifs is 1. The highest BCUT2D eigenvalue weighted by Crippen LogP contribution is 2.40. The second-order valence-corrected chi connectivity index (χ2v) is 4.30. The van der Waals surface area contributed by atoms with Crippen molar-refractivity contribution in [3.8, 4) is 5.75 Å². The van der Waals surface area contributed by atoms with Crippen molar-refractivity contribution >= 4 is 39.1 Å². The Morgan fingerprint density at radius 2 is 2.29 bits per heavy atom. The van der Waals surface area contributed by atoms with Gasteiger partial charge in [0.15, 0.2) is 12.4 Å². The molecule has 0 spiro atoms. The van der Waals surface area contributed by atoms with Crippen LogP contribution in [0.3, 0.4) is 0 Å². The van der Waals surface area contributed by atoms with Gasteiger partial charge >= 0.3 is 0 Å². The second-order valence-electron chi connectivity index (χ2n) is 2.98. The van der Waals surface area contributed by atoms with Crippen LogP contribution in [0.25, 0.3) is 0 Å². The van der Waals surface area contributed by atoms with E-state index in [1.807, 2.05) is 0 Å². The van der Waals surface area contributed by atoms with Gasteiger partial charge in [-0.25, -0.2) is 0 Å². The van der Waals surface area contributed by atoms with Crippen LogP contribution in [0.5, 0.6) is 5.75 Å². The molecule has 3 nitrogen and oxygen atoms in total. The van der Waals surface area contributed by atoms with E-state index >= 15 is 0 Å². The molecule has 1 amide bonds. The summed E-state index contributed by atoms with van der Waals surface area (Å²) in [5, 5.41) is 0.508. The zero-order chi connectivity index (χ0) is 10.3. The maximum absolute atomic E-state index is 11.3. The molecule has 2 rings (SSSR count). The number of carbonyl (C=O) groups is 1. The molecular weight excluding hydrogens is 269 g/mol. The molecule has 5 heteroatoms. The van der Waals surface area contributed by atoms with Gasteiger partial charge in [-0.15, -0.1) is 0 Å². The van der Waals surface area contributed by atoms with E-state index in [4.69, 9.17) is 16.3 Å². The quantitative estimate of drug-likeness (QED) is 0.728. The Hall–Kier alpha value is -0.740. The fraction of sp³-hybridized carbons (Fsp3) is 0.222. The molecule has 0 radical (unpaired) electrons. The average molecular weight is 277 g/mol. The first kappa shape index (κ1) is 9.80. The molecule has 0 N–H and O–H groups in total. The minimum Gasteiger partial charge on any atom is -0.480 e. The van der Waals surface area contributed by atoms with Gasteiger partial charge in [-0.2, -0.15) is 0 Å². The van der Waals surface area contributed by atoms with Gasteiger partial charge in [-0.1, -0.05) is 27.5 Å². The average Bonchev–Trinajstić information content (AvgIpc) is 2.12. The maximum Gasteiger partial charge on any atom is 0.264 e. The van der Waals surface area contributed by atoms with E-state index in [0.717, 1.165) is 4.47 Å². The lowest BCUT2D eigenvalue weighted by Crippen LogP contribution is -2.35. The predicted octanol–water partition coefficient (Wildman–Crippen LogP) is 2.46. The van der Waals surface area contributed by atoms with E-state index in [-0.39, 0.29) is 12.5 Å². The largest absolute Gasteiger partial charge is 0.480 e. The first-order chi connectivity index (χ1) is 6.59. The third-order valence-electron chi connectivity index (χ3n) is 2.06. The Morgan fingerprint density at radius 1 is 1.57 bits per heavy atom. The number of ether oxygens (including phenoxy) is 1. The van der Waals surface area contributed by atoms with Crippen LogP contribution in [0.1, 0.15) is 0 Å². The first-order valence-corrected chi connectivity index (χ1v) is 5.15. The Bertz CT molecular complexity index is 408. The number of amides is 1. The van der Waals surface area contributed by atoms with E-state index in [1.165, 1.54) is 4.90 Å². The highest BCUT2D eigenvalue weighted by atomic mass is 79.9. The summed E-state index contributed by atoms with van der Waals surface area (Å²) >= 11 is 9.28. The fourth-order valence-corrected chi connectivity index (χ4v) is 2.15. The predicted molar refractivity (Wildman–Crippen MR) is 58.1 cm³/mol. The molecule has 0 saturated carbocycles. The molecule has 0 bridgehead atoms.